The summed E-state index contributed by atoms with van der Waals surface area (Å²) in [5.41, 5.74) is 1.03. The van der Waals surface area contributed by atoms with E-state index in [1.54, 1.807) is 42.2 Å². The van der Waals surface area contributed by atoms with Crippen molar-refractivity contribution in [3.63, 3.8) is 0 Å². The lowest BCUT2D eigenvalue weighted by molar-refractivity contribution is 0.249. The summed E-state index contributed by atoms with van der Waals surface area (Å²) in [4.78, 5) is 17.1. The maximum atomic E-state index is 14.4. The molecule has 1 heterocycles. The van der Waals surface area contributed by atoms with E-state index in [4.69, 9.17) is 0 Å². The second-order valence-electron chi connectivity index (χ2n) is 6.48. The molecule has 0 spiro atoms. The third kappa shape index (κ3) is 3.44. The normalized spacial score (nSPS) is 11.9. The number of benzene rings is 3. The summed E-state index contributed by atoms with van der Waals surface area (Å²) in [6, 6.07) is 18.7. The molecule has 1 aromatic heterocycles. The van der Waals surface area contributed by atoms with Crippen molar-refractivity contribution in [3.8, 4) is 0 Å². The second kappa shape index (κ2) is 7.52. The van der Waals surface area contributed by atoms with Gasteiger partial charge in [0.15, 0.2) is 0 Å². The average molecular weight is 374 g/mol. The first-order valence-corrected chi connectivity index (χ1v) is 8.90. The van der Waals surface area contributed by atoms with Crippen LogP contribution >= 0.6 is 0 Å². The number of urea groups is 1. The Balaban J connectivity index is 1.64. The molecule has 3 aromatic carbocycles. The van der Waals surface area contributed by atoms with Crippen LogP contribution < -0.4 is 10.6 Å². The summed E-state index contributed by atoms with van der Waals surface area (Å²) in [6.07, 6.45) is 3.38. The Labute approximate surface area is 161 Å². The molecule has 140 valence electrons. The van der Waals surface area contributed by atoms with Crippen LogP contribution in [0.5, 0.6) is 0 Å². The number of carbonyl (C=O) groups excluding carboxylic acids is 1. The third-order valence-corrected chi connectivity index (χ3v) is 4.65. The van der Waals surface area contributed by atoms with Crippen molar-refractivity contribution in [3.05, 3.63) is 96.3 Å². The molecule has 0 aliphatic rings. The Morgan fingerprint density at radius 1 is 1.04 bits per heavy atom. The van der Waals surface area contributed by atoms with E-state index in [1.807, 2.05) is 42.5 Å². The van der Waals surface area contributed by atoms with Gasteiger partial charge in [0.1, 0.15) is 17.7 Å². The number of imidazole rings is 1. The molecule has 0 saturated heterocycles. The lowest BCUT2D eigenvalue weighted by atomic mass is 10.1. The lowest BCUT2D eigenvalue weighted by Gasteiger charge is -2.20. The zero-order valence-electron chi connectivity index (χ0n) is 15.3. The Hall–Kier alpha value is -3.67. The van der Waals surface area contributed by atoms with E-state index in [0.717, 1.165) is 10.8 Å². The molecule has 2 amide bonds. The van der Waals surface area contributed by atoms with Crippen LogP contribution in [0.2, 0.25) is 0 Å². The van der Waals surface area contributed by atoms with Crippen LogP contribution in [0, 0.1) is 5.82 Å². The van der Waals surface area contributed by atoms with Gasteiger partial charge in [-0.2, -0.15) is 0 Å². The van der Waals surface area contributed by atoms with Crippen molar-refractivity contribution in [1.29, 1.82) is 0 Å². The van der Waals surface area contributed by atoms with Gasteiger partial charge in [-0.25, -0.2) is 14.2 Å². The largest absolute Gasteiger partial charge is 0.336 e. The van der Waals surface area contributed by atoms with Crippen LogP contribution in [0.4, 0.5) is 14.9 Å². The van der Waals surface area contributed by atoms with Gasteiger partial charge in [-0.3, -0.25) is 0 Å². The molecule has 5 nitrogen and oxygen atoms in total. The van der Waals surface area contributed by atoms with E-state index in [0.29, 0.717) is 17.1 Å². The van der Waals surface area contributed by atoms with Crippen LogP contribution in [0.1, 0.15) is 17.4 Å². The number of halogens is 1. The first kappa shape index (κ1) is 17.7. The van der Waals surface area contributed by atoms with E-state index < -0.39 is 17.9 Å². The van der Waals surface area contributed by atoms with Crippen molar-refractivity contribution >= 4 is 22.5 Å². The van der Waals surface area contributed by atoms with Gasteiger partial charge in [-0.05, 0) is 17.5 Å². The molecule has 4 rings (SSSR count). The minimum Gasteiger partial charge on any atom is -0.336 e. The Kier molecular flexibility index (Phi) is 4.76. The van der Waals surface area contributed by atoms with Gasteiger partial charge in [0.2, 0.25) is 0 Å². The molecule has 1 atom stereocenters. The number of nitrogens with one attached hydrogen (secondary N) is 2. The molecular formula is C22H19FN4O. The molecule has 0 fully saturated rings. The van der Waals surface area contributed by atoms with Gasteiger partial charge >= 0.3 is 6.03 Å². The second-order valence-corrected chi connectivity index (χ2v) is 6.48. The number of carbonyl (C=O) groups is 1. The Bertz CT molecular complexity index is 1130. The molecule has 2 N–H and O–H groups in total. The molecule has 0 aliphatic carbocycles. The van der Waals surface area contributed by atoms with Gasteiger partial charge in [0.05, 0.1) is 5.69 Å². The summed E-state index contributed by atoms with van der Waals surface area (Å²) in [5, 5.41) is 7.69. The number of aromatic nitrogens is 2. The fourth-order valence-corrected chi connectivity index (χ4v) is 3.27. The van der Waals surface area contributed by atoms with Crippen LogP contribution in [-0.2, 0) is 7.05 Å². The maximum absolute atomic E-state index is 14.4. The van der Waals surface area contributed by atoms with Crippen LogP contribution in [0.25, 0.3) is 10.8 Å². The molecule has 0 saturated carbocycles. The average Bonchev–Trinajstić information content (AvgIpc) is 3.13. The van der Waals surface area contributed by atoms with Gasteiger partial charge < -0.3 is 15.2 Å². The van der Waals surface area contributed by atoms with Crippen molar-refractivity contribution in [1.82, 2.24) is 14.9 Å². The fraction of sp³-hybridized carbons (Fsp3) is 0.0909. The molecule has 28 heavy (non-hydrogen) atoms. The third-order valence-electron chi connectivity index (χ3n) is 4.65. The van der Waals surface area contributed by atoms with Crippen molar-refractivity contribution in [2.24, 2.45) is 7.05 Å². The molecule has 0 radical (unpaired) electrons. The number of hydrogen-bond acceptors (Lipinski definition) is 2. The topological polar surface area (TPSA) is 59.0 Å². The monoisotopic (exact) mass is 374 g/mol. The number of aryl methyl sites for hydroxylation is 1. The van der Waals surface area contributed by atoms with E-state index in [1.165, 1.54) is 6.07 Å². The summed E-state index contributed by atoms with van der Waals surface area (Å²) in [6.45, 7) is 0. The van der Waals surface area contributed by atoms with Crippen LogP contribution in [0.15, 0.2) is 79.1 Å². The van der Waals surface area contributed by atoms with E-state index in [2.05, 4.69) is 15.6 Å². The van der Waals surface area contributed by atoms with E-state index >= 15 is 0 Å². The maximum Gasteiger partial charge on any atom is 0.320 e. The number of rotatable bonds is 4. The number of hydrogen-bond donors (Lipinski definition) is 2. The minimum absolute atomic E-state index is 0.352. The van der Waals surface area contributed by atoms with Gasteiger partial charge in [0.25, 0.3) is 0 Å². The quantitative estimate of drug-likeness (QED) is 0.547. The fourth-order valence-electron chi connectivity index (χ4n) is 3.27. The molecular weight excluding hydrogens is 355 g/mol. The Morgan fingerprint density at radius 3 is 2.57 bits per heavy atom. The van der Waals surface area contributed by atoms with Gasteiger partial charge in [0, 0.05) is 30.4 Å². The van der Waals surface area contributed by atoms with E-state index in [-0.39, 0.29) is 0 Å². The van der Waals surface area contributed by atoms with Gasteiger partial charge in [-0.15, -0.1) is 0 Å². The highest BCUT2D eigenvalue weighted by Crippen LogP contribution is 2.25. The standard InChI is InChI=1S/C22H19FN4O/c1-27-14-13-24-21(27)20(17-10-4-5-11-18(17)23)26-22(28)25-19-12-6-8-15-7-2-3-9-16(15)19/h2-14,20H,1H3,(H2,25,26,28)/t20-/m1/s1. The first-order chi connectivity index (χ1) is 13.6. The number of amides is 2. The smallest absolute Gasteiger partial charge is 0.320 e. The first-order valence-electron chi connectivity index (χ1n) is 8.90. The highest BCUT2D eigenvalue weighted by atomic mass is 19.1. The summed E-state index contributed by atoms with van der Waals surface area (Å²) in [7, 11) is 1.81. The summed E-state index contributed by atoms with van der Waals surface area (Å²) < 4.78 is 16.2. The molecule has 6 heteroatoms. The number of anilines is 1. The Morgan fingerprint density at radius 2 is 1.79 bits per heavy atom. The predicted octanol–water partition coefficient (Wildman–Crippen LogP) is 4.62. The SMILES string of the molecule is Cn1ccnc1[C@H](NC(=O)Nc1cccc2ccccc12)c1ccccc1F. The lowest BCUT2D eigenvalue weighted by Crippen LogP contribution is -2.35. The molecule has 0 aliphatic heterocycles. The highest BCUT2D eigenvalue weighted by Gasteiger charge is 2.23. The highest BCUT2D eigenvalue weighted by molar-refractivity contribution is 6.01. The van der Waals surface area contributed by atoms with Crippen LogP contribution in [0.3, 0.4) is 0 Å². The molecule has 4 aromatic rings. The van der Waals surface area contributed by atoms with Crippen LogP contribution in [-0.4, -0.2) is 15.6 Å². The van der Waals surface area contributed by atoms with E-state index in [9.17, 15) is 9.18 Å². The van der Waals surface area contributed by atoms with Crippen molar-refractivity contribution in [2.75, 3.05) is 5.32 Å². The number of nitrogens with zero attached hydrogens (tertiary/aromatic N) is 2. The summed E-state index contributed by atoms with van der Waals surface area (Å²) in [5.74, 6) is 0.138. The minimum atomic E-state index is -0.726. The molecule has 0 bridgehead atoms. The van der Waals surface area contributed by atoms with Crippen molar-refractivity contribution < 1.29 is 9.18 Å². The van der Waals surface area contributed by atoms with Gasteiger partial charge in [-0.1, -0.05) is 54.6 Å². The molecule has 0 unspecified atom stereocenters. The predicted molar refractivity (Wildman–Crippen MR) is 108 cm³/mol. The number of fused-ring (bicyclic) bond motifs is 1. The zero-order valence-corrected chi connectivity index (χ0v) is 15.3. The van der Waals surface area contributed by atoms with Crippen molar-refractivity contribution in [2.45, 2.75) is 6.04 Å². The zero-order chi connectivity index (χ0) is 19.5. The summed E-state index contributed by atoms with van der Waals surface area (Å²) >= 11 is 0.